The highest BCUT2D eigenvalue weighted by atomic mass is 127. The smallest absolute Gasteiger partial charge is 0.268 e. The molecule has 0 bridgehead atoms. The lowest BCUT2D eigenvalue weighted by molar-refractivity contribution is 0.602. The highest BCUT2D eigenvalue weighted by Gasteiger charge is 2.10. The van der Waals surface area contributed by atoms with E-state index in [0.717, 1.165) is 26.7 Å². The lowest BCUT2D eigenvalue weighted by Crippen LogP contribution is -2.23. The maximum atomic E-state index is 11.9. The molecule has 0 N–H and O–H groups in total. The minimum atomic E-state index is -0.105. The van der Waals surface area contributed by atoms with Gasteiger partial charge in [-0.05, 0) is 35.6 Å². The third-order valence-electron chi connectivity index (χ3n) is 3.17. The van der Waals surface area contributed by atoms with Crippen LogP contribution < -0.4 is 5.56 Å². The highest BCUT2D eigenvalue weighted by molar-refractivity contribution is 14.1. The number of hydrogen-bond donors (Lipinski definition) is 0. The fraction of sp³-hybridized carbons (Fsp3) is 0.214. The van der Waals surface area contributed by atoms with Crippen LogP contribution in [0.5, 0.6) is 0 Å². The van der Waals surface area contributed by atoms with Crippen LogP contribution in [-0.2, 0) is 13.1 Å². The molecular formula is C14H13IN4O. The molecule has 0 aliphatic heterocycles. The quantitative estimate of drug-likeness (QED) is 0.656. The lowest BCUT2D eigenvalue weighted by atomic mass is 10.2. The first-order chi connectivity index (χ1) is 9.69. The first-order valence-electron chi connectivity index (χ1n) is 6.36. The Bertz CT molecular complexity index is 821. The molecule has 0 saturated heterocycles. The van der Waals surface area contributed by atoms with Crippen LogP contribution in [0.4, 0.5) is 0 Å². The first kappa shape index (κ1) is 13.3. The van der Waals surface area contributed by atoms with E-state index in [1.54, 1.807) is 12.3 Å². The van der Waals surface area contributed by atoms with E-state index < -0.39 is 0 Å². The van der Waals surface area contributed by atoms with Crippen molar-refractivity contribution in [1.82, 2.24) is 19.6 Å². The van der Waals surface area contributed by atoms with Crippen LogP contribution in [0.3, 0.4) is 0 Å². The molecule has 2 heterocycles. The molecule has 6 heteroatoms. The largest absolute Gasteiger partial charge is 0.268 e. The van der Waals surface area contributed by atoms with Crippen molar-refractivity contribution in [3.63, 3.8) is 0 Å². The van der Waals surface area contributed by atoms with Gasteiger partial charge in [-0.3, -0.25) is 9.48 Å². The SMILES string of the molecule is CCn1nc(Cn2ncc(I)cc2=O)c2ccccc21. The summed E-state index contributed by atoms with van der Waals surface area (Å²) in [6, 6.07) is 9.63. The Morgan fingerprint density at radius 1 is 1.25 bits per heavy atom. The van der Waals surface area contributed by atoms with Crippen LogP contribution >= 0.6 is 22.6 Å². The maximum Gasteiger partial charge on any atom is 0.268 e. The van der Waals surface area contributed by atoms with Crippen molar-refractivity contribution in [2.24, 2.45) is 0 Å². The van der Waals surface area contributed by atoms with Crippen molar-refractivity contribution in [1.29, 1.82) is 0 Å². The fourth-order valence-electron chi connectivity index (χ4n) is 2.23. The van der Waals surface area contributed by atoms with E-state index in [0.29, 0.717) is 6.54 Å². The highest BCUT2D eigenvalue weighted by Crippen LogP contribution is 2.18. The average molecular weight is 380 g/mol. The fourth-order valence-corrected chi connectivity index (χ4v) is 2.62. The Labute approximate surface area is 129 Å². The van der Waals surface area contributed by atoms with Crippen LogP contribution in [0.2, 0.25) is 0 Å². The second-order valence-corrected chi connectivity index (χ2v) is 5.69. The zero-order valence-corrected chi connectivity index (χ0v) is 13.1. The lowest BCUT2D eigenvalue weighted by Gasteiger charge is -2.01. The molecule has 0 aliphatic carbocycles. The molecule has 20 heavy (non-hydrogen) atoms. The maximum absolute atomic E-state index is 11.9. The van der Waals surface area contributed by atoms with Crippen molar-refractivity contribution < 1.29 is 0 Å². The van der Waals surface area contributed by atoms with Crippen LogP contribution in [-0.4, -0.2) is 19.6 Å². The molecule has 5 nitrogen and oxygen atoms in total. The third kappa shape index (κ3) is 2.35. The summed E-state index contributed by atoms with van der Waals surface area (Å²) in [6.07, 6.45) is 1.68. The van der Waals surface area contributed by atoms with E-state index in [9.17, 15) is 4.79 Å². The average Bonchev–Trinajstić information content (AvgIpc) is 2.80. The molecule has 0 radical (unpaired) electrons. The van der Waals surface area contributed by atoms with E-state index >= 15 is 0 Å². The van der Waals surface area contributed by atoms with Gasteiger partial charge in [0.05, 0.1) is 24.0 Å². The molecule has 0 unspecified atom stereocenters. The number of benzene rings is 1. The Balaban J connectivity index is 2.09. The summed E-state index contributed by atoms with van der Waals surface area (Å²) in [4.78, 5) is 11.9. The minimum absolute atomic E-state index is 0.105. The predicted octanol–water partition coefficient (Wildman–Crippen LogP) is 2.27. The van der Waals surface area contributed by atoms with Gasteiger partial charge in [0.1, 0.15) is 0 Å². The van der Waals surface area contributed by atoms with Crippen molar-refractivity contribution in [3.05, 3.63) is 56.1 Å². The van der Waals surface area contributed by atoms with E-state index in [2.05, 4.69) is 39.7 Å². The van der Waals surface area contributed by atoms with E-state index in [1.807, 2.05) is 28.9 Å². The summed E-state index contributed by atoms with van der Waals surface area (Å²) in [5.41, 5.74) is 1.86. The third-order valence-corrected chi connectivity index (χ3v) is 3.76. The molecule has 1 aromatic carbocycles. The van der Waals surface area contributed by atoms with Crippen molar-refractivity contribution >= 4 is 33.5 Å². The van der Waals surface area contributed by atoms with Gasteiger partial charge in [-0.25, -0.2) is 4.68 Å². The topological polar surface area (TPSA) is 52.7 Å². The number of aryl methyl sites for hydroxylation is 1. The van der Waals surface area contributed by atoms with Crippen LogP contribution in [0.1, 0.15) is 12.6 Å². The molecular weight excluding hydrogens is 367 g/mol. The van der Waals surface area contributed by atoms with Gasteiger partial charge >= 0.3 is 0 Å². The molecule has 0 amide bonds. The number of aromatic nitrogens is 4. The molecule has 0 spiro atoms. The molecule has 3 rings (SSSR count). The number of hydrogen-bond acceptors (Lipinski definition) is 3. The number of halogens is 1. The predicted molar refractivity (Wildman–Crippen MR) is 85.7 cm³/mol. The zero-order valence-electron chi connectivity index (χ0n) is 11.0. The van der Waals surface area contributed by atoms with Gasteiger partial charge < -0.3 is 0 Å². The van der Waals surface area contributed by atoms with Gasteiger partial charge in [0.15, 0.2) is 0 Å². The van der Waals surface area contributed by atoms with E-state index in [1.165, 1.54) is 4.68 Å². The molecule has 0 saturated carbocycles. The Hall–Kier alpha value is -1.70. The number of para-hydroxylation sites is 1. The van der Waals surface area contributed by atoms with Gasteiger partial charge in [0.25, 0.3) is 5.56 Å². The Kier molecular flexibility index (Phi) is 3.56. The summed E-state index contributed by atoms with van der Waals surface area (Å²) in [7, 11) is 0. The Morgan fingerprint density at radius 2 is 2.05 bits per heavy atom. The second-order valence-electron chi connectivity index (χ2n) is 4.45. The van der Waals surface area contributed by atoms with Gasteiger partial charge in [-0.15, -0.1) is 0 Å². The second kappa shape index (κ2) is 5.35. The van der Waals surface area contributed by atoms with Crippen LogP contribution in [0, 0.1) is 3.57 Å². The zero-order chi connectivity index (χ0) is 14.1. The van der Waals surface area contributed by atoms with Gasteiger partial charge in [0.2, 0.25) is 0 Å². The molecule has 102 valence electrons. The van der Waals surface area contributed by atoms with Gasteiger partial charge in [-0.2, -0.15) is 10.2 Å². The summed E-state index contributed by atoms with van der Waals surface area (Å²) in [5.74, 6) is 0. The molecule has 0 atom stereocenters. The molecule has 0 aliphatic rings. The summed E-state index contributed by atoms with van der Waals surface area (Å²) in [6.45, 7) is 3.25. The van der Waals surface area contributed by atoms with Crippen LogP contribution in [0.15, 0.2) is 41.3 Å². The van der Waals surface area contributed by atoms with Crippen molar-refractivity contribution in [2.45, 2.75) is 20.0 Å². The summed E-state index contributed by atoms with van der Waals surface area (Å²) >= 11 is 2.08. The number of rotatable bonds is 3. The first-order valence-corrected chi connectivity index (χ1v) is 7.44. The van der Waals surface area contributed by atoms with E-state index in [-0.39, 0.29) is 5.56 Å². The van der Waals surface area contributed by atoms with Crippen LogP contribution in [0.25, 0.3) is 10.9 Å². The van der Waals surface area contributed by atoms with Gasteiger partial charge in [-0.1, -0.05) is 18.2 Å². The van der Waals surface area contributed by atoms with Gasteiger partial charge in [0, 0.05) is 21.6 Å². The van der Waals surface area contributed by atoms with Crippen molar-refractivity contribution in [2.75, 3.05) is 0 Å². The Morgan fingerprint density at radius 3 is 2.80 bits per heavy atom. The van der Waals surface area contributed by atoms with Crippen molar-refractivity contribution in [3.8, 4) is 0 Å². The monoisotopic (exact) mass is 380 g/mol. The summed E-state index contributed by atoms with van der Waals surface area (Å²) < 4.78 is 4.23. The molecule has 2 aromatic heterocycles. The standard InChI is InChI=1S/C14H13IN4O/c1-2-18-13-6-4-3-5-11(13)12(17-18)9-19-14(20)7-10(15)8-16-19/h3-8H,2,9H2,1H3. The minimum Gasteiger partial charge on any atom is -0.268 e. The number of fused-ring (bicyclic) bond motifs is 1. The summed E-state index contributed by atoms with van der Waals surface area (Å²) in [5, 5.41) is 9.82. The molecule has 0 fully saturated rings. The normalized spacial score (nSPS) is 11.1. The number of nitrogens with zero attached hydrogens (tertiary/aromatic N) is 4. The van der Waals surface area contributed by atoms with E-state index in [4.69, 9.17) is 0 Å². The molecule has 3 aromatic rings.